The van der Waals surface area contributed by atoms with Gasteiger partial charge in [0.1, 0.15) is 11.8 Å². The third kappa shape index (κ3) is 2.96. The molecule has 4 aromatic rings. The number of fused-ring (bicyclic) bond motifs is 2. The van der Waals surface area contributed by atoms with Crippen LogP contribution in [-0.2, 0) is 24.2 Å². The number of benzene rings is 2. The molecule has 136 valence electrons. The first-order chi connectivity index (χ1) is 13.3. The summed E-state index contributed by atoms with van der Waals surface area (Å²) in [5.74, 6) is -0.393. The maximum Gasteiger partial charge on any atom is 0.420 e. The average molecular weight is 362 g/mol. The molecular weight excluding hydrogens is 344 g/mol. The highest BCUT2D eigenvalue weighted by molar-refractivity contribution is 5.72. The van der Waals surface area contributed by atoms with E-state index in [1.54, 1.807) is 15.3 Å². The largest absolute Gasteiger partial charge is 0.420 e. The summed E-state index contributed by atoms with van der Waals surface area (Å²) in [6.45, 7) is 1.61. The van der Waals surface area contributed by atoms with E-state index in [0.29, 0.717) is 31.0 Å². The van der Waals surface area contributed by atoms with Crippen molar-refractivity contribution in [2.45, 2.75) is 25.6 Å². The summed E-state index contributed by atoms with van der Waals surface area (Å²) in [5.41, 5.74) is 4.56. The molecule has 0 N–H and O–H groups in total. The molecule has 5 rings (SSSR count). The van der Waals surface area contributed by atoms with Crippen molar-refractivity contribution < 1.29 is 9.15 Å². The fourth-order valence-corrected chi connectivity index (χ4v) is 3.62. The lowest BCUT2D eigenvalue weighted by molar-refractivity contribution is 0.0279. The van der Waals surface area contributed by atoms with Gasteiger partial charge < -0.3 is 9.15 Å². The molecule has 7 heteroatoms. The molecule has 27 heavy (non-hydrogen) atoms. The molecule has 0 radical (unpaired) electrons. The van der Waals surface area contributed by atoms with Crippen LogP contribution in [0.3, 0.4) is 0 Å². The minimum absolute atomic E-state index is 0.0398. The first kappa shape index (κ1) is 16.0. The van der Waals surface area contributed by atoms with Gasteiger partial charge in [-0.3, -0.25) is 4.57 Å². The molecular formula is C20H18N4O3. The summed E-state index contributed by atoms with van der Waals surface area (Å²) in [7, 11) is 0. The fraction of sp³-hybridized carbons (Fsp3) is 0.250. The maximum atomic E-state index is 12.1. The third-order valence-corrected chi connectivity index (χ3v) is 4.93. The van der Waals surface area contributed by atoms with Crippen molar-refractivity contribution in [1.29, 1.82) is 0 Å². The van der Waals surface area contributed by atoms with Crippen LogP contribution in [0.5, 0.6) is 0 Å². The minimum atomic E-state index is -0.393. The lowest BCUT2D eigenvalue weighted by atomic mass is 9.98. The van der Waals surface area contributed by atoms with Crippen LogP contribution in [0, 0.1) is 0 Å². The second-order valence-electron chi connectivity index (χ2n) is 6.66. The van der Waals surface area contributed by atoms with Crippen LogP contribution in [-0.4, -0.2) is 26.2 Å². The van der Waals surface area contributed by atoms with Crippen molar-refractivity contribution in [3.8, 4) is 0 Å². The van der Waals surface area contributed by atoms with Crippen molar-refractivity contribution in [1.82, 2.24) is 19.6 Å². The van der Waals surface area contributed by atoms with E-state index >= 15 is 0 Å². The van der Waals surface area contributed by atoms with Gasteiger partial charge in [0.05, 0.1) is 31.4 Å². The number of aromatic nitrogens is 4. The quantitative estimate of drug-likeness (QED) is 0.558. The standard InChI is InChI=1S/C20H18N4O3/c25-20-24(17-7-3-4-8-18(17)27-20)12-15-11-23(22-21-15)13-19-16-6-2-1-5-14(16)9-10-26-19/h1-8,11,19H,9-10,12-13H2/t19-/m1/s1. The SMILES string of the molecule is O=c1oc2ccccc2n1Cc1cn(C[C@H]2OCCc3ccccc32)nn1. The lowest BCUT2D eigenvalue weighted by Gasteiger charge is -2.25. The van der Waals surface area contributed by atoms with Crippen LogP contribution in [0.4, 0.5) is 0 Å². The van der Waals surface area contributed by atoms with E-state index in [9.17, 15) is 4.79 Å². The van der Waals surface area contributed by atoms with Crippen LogP contribution >= 0.6 is 0 Å². The molecule has 0 saturated heterocycles. The first-order valence-corrected chi connectivity index (χ1v) is 8.95. The van der Waals surface area contributed by atoms with E-state index in [1.807, 2.05) is 30.5 Å². The molecule has 3 heterocycles. The minimum Gasteiger partial charge on any atom is -0.408 e. The number of hydrogen-bond donors (Lipinski definition) is 0. The number of hydrogen-bond acceptors (Lipinski definition) is 5. The summed E-state index contributed by atoms with van der Waals surface area (Å²) in [5, 5.41) is 8.43. The highest BCUT2D eigenvalue weighted by Crippen LogP contribution is 2.28. The number of nitrogens with zero attached hydrogens (tertiary/aromatic N) is 4. The molecule has 7 nitrogen and oxygen atoms in total. The van der Waals surface area contributed by atoms with Crippen LogP contribution < -0.4 is 5.76 Å². The van der Waals surface area contributed by atoms with E-state index < -0.39 is 5.76 Å². The molecule has 0 aliphatic carbocycles. The Bertz CT molecular complexity index is 1160. The van der Waals surface area contributed by atoms with Gasteiger partial charge in [-0.05, 0) is 29.7 Å². The molecule has 0 fully saturated rings. The number of oxazole rings is 1. The molecule has 1 aliphatic heterocycles. The summed E-state index contributed by atoms with van der Waals surface area (Å²) in [4.78, 5) is 12.1. The van der Waals surface area contributed by atoms with E-state index in [4.69, 9.17) is 9.15 Å². The van der Waals surface area contributed by atoms with Crippen molar-refractivity contribution in [3.05, 3.63) is 82.1 Å². The predicted molar refractivity (Wildman–Crippen MR) is 98.4 cm³/mol. The molecule has 0 amide bonds. The van der Waals surface area contributed by atoms with Crippen LogP contribution in [0.2, 0.25) is 0 Å². The van der Waals surface area contributed by atoms with E-state index in [-0.39, 0.29) is 6.10 Å². The molecule has 1 aliphatic rings. The monoisotopic (exact) mass is 362 g/mol. The van der Waals surface area contributed by atoms with Gasteiger partial charge in [0, 0.05) is 0 Å². The Labute approximate surface area is 154 Å². The van der Waals surface area contributed by atoms with Crippen molar-refractivity contribution in [2.75, 3.05) is 6.61 Å². The van der Waals surface area contributed by atoms with Gasteiger partial charge in [-0.15, -0.1) is 5.10 Å². The Kier molecular flexibility index (Phi) is 3.86. The number of ether oxygens (including phenoxy) is 1. The molecule has 1 atom stereocenters. The van der Waals surface area contributed by atoms with Gasteiger partial charge >= 0.3 is 5.76 Å². The van der Waals surface area contributed by atoms with Crippen molar-refractivity contribution >= 4 is 11.1 Å². The molecule has 2 aromatic carbocycles. The Morgan fingerprint density at radius 1 is 1.11 bits per heavy atom. The second kappa shape index (κ2) is 6.51. The zero-order valence-corrected chi connectivity index (χ0v) is 14.6. The zero-order valence-electron chi connectivity index (χ0n) is 14.6. The Morgan fingerprint density at radius 3 is 2.93 bits per heavy atom. The Hall–Kier alpha value is -3.19. The highest BCUT2D eigenvalue weighted by Gasteiger charge is 2.21. The summed E-state index contributed by atoms with van der Waals surface area (Å²) in [6, 6.07) is 15.7. The molecule has 0 bridgehead atoms. The molecule has 0 saturated carbocycles. The second-order valence-corrected chi connectivity index (χ2v) is 6.66. The van der Waals surface area contributed by atoms with E-state index in [0.717, 1.165) is 11.9 Å². The topological polar surface area (TPSA) is 75.1 Å². The predicted octanol–water partition coefficient (Wildman–Crippen LogP) is 2.55. The van der Waals surface area contributed by atoms with Gasteiger partial charge in [0.25, 0.3) is 0 Å². The first-order valence-electron chi connectivity index (χ1n) is 8.95. The summed E-state index contributed by atoms with van der Waals surface area (Å²) >= 11 is 0. The summed E-state index contributed by atoms with van der Waals surface area (Å²) in [6.07, 6.45) is 2.75. The van der Waals surface area contributed by atoms with E-state index in [2.05, 4.69) is 28.5 Å². The maximum absolute atomic E-state index is 12.1. The van der Waals surface area contributed by atoms with E-state index in [1.165, 1.54) is 11.1 Å². The molecule has 0 unspecified atom stereocenters. The molecule has 0 spiro atoms. The van der Waals surface area contributed by atoms with Crippen LogP contribution in [0.25, 0.3) is 11.1 Å². The van der Waals surface area contributed by atoms with Gasteiger partial charge in [0.2, 0.25) is 0 Å². The van der Waals surface area contributed by atoms with Crippen molar-refractivity contribution in [2.24, 2.45) is 0 Å². The average Bonchev–Trinajstić information content (AvgIpc) is 3.27. The van der Waals surface area contributed by atoms with Crippen LogP contribution in [0.15, 0.2) is 63.9 Å². The zero-order chi connectivity index (χ0) is 18.2. The normalized spacial score (nSPS) is 16.5. The summed E-state index contributed by atoms with van der Waals surface area (Å²) < 4.78 is 14.6. The van der Waals surface area contributed by atoms with Gasteiger partial charge in [-0.2, -0.15) is 0 Å². The highest BCUT2D eigenvalue weighted by atomic mass is 16.5. The Balaban J connectivity index is 1.38. The van der Waals surface area contributed by atoms with Gasteiger partial charge in [0.15, 0.2) is 5.58 Å². The van der Waals surface area contributed by atoms with Crippen molar-refractivity contribution in [3.63, 3.8) is 0 Å². The van der Waals surface area contributed by atoms with Gasteiger partial charge in [-0.25, -0.2) is 9.48 Å². The lowest BCUT2D eigenvalue weighted by Crippen LogP contribution is -2.20. The Morgan fingerprint density at radius 2 is 1.96 bits per heavy atom. The number of rotatable bonds is 4. The fourth-order valence-electron chi connectivity index (χ4n) is 3.62. The smallest absolute Gasteiger partial charge is 0.408 e. The van der Waals surface area contributed by atoms with Crippen LogP contribution in [0.1, 0.15) is 22.9 Å². The van der Waals surface area contributed by atoms with Gasteiger partial charge in [-0.1, -0.05) is 41.6 Å². The number of para-hydroxylation sites is 2. The molecule has 2 aromatic heterocycles. The third-order valence-electron chi connectivity index (χ3n) is 4.93.